The van der Waals surface area contributed by atoms with E-state index in [0.717, 1.165) is 35.8 Å². The molecule has 118 valence electrons. The molecular weight excluding hydrogens is 256 g/mol. The van der Waals surface area contributed by atoms with E-state index in [1.54, 1.807) is 19.3 Å². The minimum Gasteiger partial charge on any atom is -0.308 e. The summed E-state index contributed by atoms with van der Waals surface area (Å²) in [6.45, 7) is 5.05. The molecule has 2 heteroatoms. The molecule has 1 spiro atoms. The Morgan fingerprint density at radius 3 is 2.43 bits per heavy atom. The quantitative estimate of drug-likeness (QED) is 0.837. The number of fused-ring (bicyclic) bond motifs is 5. The minimum absolute atomic E-state index is 0.500. The summed E-state index contributed by atoms with van der Waals surface area (Å²) in [5.74, 6) is 4.49. The zero-order valence-corrected chi connectivity index (χ0v) is 13.7. The van der Waals surface area contributed by atoms with Crippen LogP contribution in [0, 0.1) is 23.7 Å². The lowest BCUT2D eigenvalue weighted by atomic mass is 9.79. The van der Waals surface area contributed by atoms with Crippen molar-refractivity contribution in [2.24, 2.45) is 23.7 Å². The van der Waals surface area contributed by atoms with Crippen LogP contribution in [-0.2, 0) is 0 Å². The lowest BCUT2D eigenvalue weighted by molar-refractivity contribution is 0.0362. The number of nitrogens with one attached hydrogen (secondary N) is 1. The summed E-state index contributed by atoms with van der Waals surface area (Å²) in [6, 6.07) is 1.83. The van der Waals surface area contributed by atoms with E-state index in [-0.39, 0.29) is 0 Å². The highest BCUT2D eigenvalue weighted by atomic mass is 15.3. The highest BCUT2D eigenvalue weighted by molar-refractivity contribution is 5.19. The third kappa shape index (κ3) is 1.91. The molecule has 5 fully saturated rings. The normalized spacial score (nSPS) is 51.3. The average molecular weight is 288 g/mol. The Balaban J connectivity index is 1.36. The number of hydrogen-bond donors (Lipinski definition) is 1. The smallest absolute Gasteiger partial charge is 0.0309 e. The molecule has 1 saturated heterocycles. The molecule has 21 heavy (non-hydrogen) atoms. The van der Waals surface area contributed by atoms with Gasteiger partial charge in [0.05, 0.1) is 0 Å². The van der Waals surface area contributed by atoms with Crippen LogP contribution in [0.3, 0.4) is 0 Å². The van der Waals surface area contributed by atoms with E-state index in [2.05, 4.69) is 17.1 Å². The first kappa shape index (κ1) is 13.4. The van der Waals surface area contributed by atoms with E-state index in [0.29, 0.717) is 5.54 Å². The second kappa shape index (κ2) is 4.71. The Hall–Kier alpha value is -0.0800. The fraction of sp³-hybridized carbons (Fsp3) is 1.00. The molecule has 5 aliphatic rings. The molecule has 1 aliphatic heterocycles. The van der Waals surface area contributed by atoms with Gasteiger partial charge in [-0.25, -0.2) is 0 Å². The second-order valence-corrected chi connectivity index (χ2v) is 8.93. The maximum absolute atomic E-state index is 4.01. The molecular formula is C19H32N2. The molecule has 0 aromatic carbocycles. The monoisotopic (exact) mass is 288 g/mol. The summed E-state index contributed by atoms with van der Waals surface area (Å²) in [5.41, 5.74) is 0.500. The number of hydrogen-bond acceptors (Lipinski definition) is 2. The largest absolute Gasteiger partial charge is 0.308 e. The summed E-state index contributed by atoms with van der Waals surface area (Å²) < 4.78 is 0. The molecule has 4 saturated carbocycles. The van der Waals surface area contributed by atoms with Crippen LogP contribution >= 0.6 is 0 Å². The van der Waals surface area contributed by atoms with Gasteiger partial charge in [0.2, 0.25) is 0 Å². The highest BCUT2D eigenvalue weighted by Gasteiger charge is 2.67. The van der Waals surface area contributed by atoms with Gasteiger partial charge >= 0.3 is 0 Å². The predicted octanol–water partition coefficient (Wildman–Crippen LogP) is 3.42. The van der Waals surface area contributed by atoms with Crippen LogP contribution in [0.2, 0.25) is 0 Å². The van der Waals surface area contributed by atoms with Crippen LogP contribution < -0.4 is 5.32 Å². The van der Waals surface area contributed by atoms with Gasteiger partial charge in [0, 0.05) is 30.7 Å². The van der Waals surface area contributed by atoms with E-state index in [4.69, 9.17) is 0 Å². The van der Waals surface area contributed by atoms with E-state index >= 15 is 0 Å². The summed E-state index contributed by atoms with van der Waals surface area (Å²) in [5, 5.41) is 4.01. The van der Waals surface area contributed by atoms with Crippen molar-refractivity contribution in [1.29, 1.82) is 0 Å². The third-order valence-corrected chi connectivity index (χ3v) is 8.03. The van der Waals surface area contributed by atoms with Crippen molar-refractivity contribution in [3.63, 3.8) is 0 Å². The SMILES string of the molecule is CCC1CNC2(CCCCC2)CN1C1C2C3CCC(C3)C21. The molecule has 0 aromatic heterocycles. The molecule has 5 unspecified atom stereocenters. The Kier molecular flexibility index (Phi) is 3.00. The fourth-order valence-corrected chi connectivity index (χ4v) is 7.00. The van der Waals surface area contributed by atoms with Crippen molar-refractivity contribution in [3.8, 4) is 0 Å². The van der Waals surface area contributed by atoms with Gasteiger partial charge < -0.3 is 5.32 Å². The average Bonchev–Trinajstić information content (AvgIpc) is 2.95. The van der Waals surface area contributed by atoms with Crippen molar-refractivity contribution in [2.45, 2.75) is 82.3 Å². The lowest BCUT2D eigenvalue weighted by Crippen LogP contribution is -2.65. The summed E-state index contributed by atoms with van der Waals surface area (Å²) in [4.78, 5) is 3.03. The summed E-state index contributed by atoms with van der Waals surface area (Å²) in [6.07, 6.45) is 13.3. The predicted molar refractivity (Wildman–Crippen MR) is 86.2 cm³/mol. The molecule has 1 N–H and O–H groups in total. The molecule has 1 heterocycles. The number of rotatable bonds is 2. The zero-order valence-electron chi connectivity index (χ0n) is 13.7. The highest BCUT2D eigenvalue weighted by Crippen LogP contribution is 2.67. The van der Waals surface area contributed by atoms with Crippen molar-refractivity contribution < 1.29 is 0 Å². The summed E-state index contributed by atoms with van der Waals surface area (Å²) >= 11 is 0. The Labute approximate surface area is 130 Å². The molecule has 0 radical (unpaired) electrons. The van der Waals surface area contributed by atoms with Gasteiger partial charge in [0.1, 0.15) is 0 Å². The first-order valence-electron chi connectivity index (χ1n) is 9.82. The van der Waals surface area contributed by atoms with Gasteiger partial charge in [-0.3, -0.25) is 4.90 Å². The van der Waals surface area contributed by atoms with Crippen LogP contribution in [-0.4, -0.2) is 35.6 Å². The number of nitrogens with zero attached hydrogens (tertiary/aromatic N) is 1. The Morgan fingerprint density at radius 2 is 1.76 bits per heavy atom. The van der Waals surface area contributed by atoms with Crippen LogP contribution in [0.1, 0.15) is 64.7 Å². The molecule has 0 amide bonds. The molecule has 2 bridgehead atoms. The van der Waals surface area contributed by atoms with Gasteiger partial charge in [0.15, 0.2) is 0 Å². The van der Waals surface area contributed by atoms with Crippen molar-refractivity contribution in [1.82, 2.24) is 10.2 Å². The molecule has 0 aromatic rings. The molecule has 4 aliphatic carbocycles. The van der Waals surface area contributed by atoms with Gasteiger partial charge in [0.25, 0.3) is 0 Å². The number of piperazine rings is 1. The lowest BCUT2D eigenvalue weighted by Gasteiger charge is -2.50. The van der Waals surface area contributed by atoms with Crippen LogP contribution in [0.4, 0.5) is 0 Å². The molecule has 2 nitrogen and oxygen atoms in total. The zero-order chi connectivity index (χ0) is 14.0. The Morgan fingerprint density at radius 1 is 1.05 bits per heavy atom. The van der Waals surface area contributed by atoms with Crippen molar-refractivity contribution in [3.05, 3.63) is 0 Å². The van der Waals surface area contributed by atoms with Crippen LogP contribution in [0.25, 0.3) is 0 Å². The van der Waals surface area contributed by atoms with Gasteiger partial charge in [-0.2, -0.15) is 0 Å². The third-order valence-electron chi connectivity index (χ3n) is 8.03. The fourth-order valence-electron chi connectivity index (χ4n) is 7.00. The maximum atomic E-state index is 4.01. The van der Waals surface area contributed by atoms with Crippen LogP contribution in [0.5, 0.6) is 0 Å². The Bertz CT molecular complexity index is 398. The van der Waals surface area contributed by atoms with Gasteiger partial charge in [-0.05, 0) is 62.2 Å². The summed E-state index contributed by atoms with van der Waals surface area (Å²) in [7, 11) is 0. The first-order valence-corrected chi connectivity index (χ1v) is 9.82. The van der Waals surface area contributed by atoms with Crippen molar-refractivity contribution >= 4 is 0 Å². The first-order chi connectivity index (χ1) is 10.3. The standard InChI is InChI=1S/C19H32N2/c1-2-15-11-20-19(8-4-3-5-9-19)12-21(15)18-16-13-6-7-14(10-13)17(16)18/h13-18,20H,2-12H2,1H3. The van der Waals surface area contributed by atoms with Crippen LogP contribution in [0.15, 0.2) is 0 Å². The molecule has 5 rings (SSSR count). The van der Waals surface area contributed by atoms with Gasteiger partial charge in [-0.15, -0.1) is 0 Å². The second-order valence-electron chi connectivity index (χ2n) is 8.93. The molecule has 5 atom stereocenters. The maximum Gasteiger partial charge on any atom is 0.0309 e. The van der Waals surface area contributed by atoms with Crippen molar-refractivity contribution in [2.75, 3.05) is 13.1 Å². The van der Waals surface area contributed by atoms with E-state index < -0.39 is 0 Å². The topological polar surface area (TPSA) is 15.3 Å². The minimum atomic E-state index is 0.500. The van der Waals surface area contributed by atoms with Gasteiger partial charge in [-0.1, -0.05) is 26.2 Å². The van der Waals surface area contributed by atoms with E-state index in [1.165, 1.54) is 51.6 Å². The van der Waals surface area contributed by atoms with E-state index in [1.807, 2.05) is 0 Å². The van der Waals surface area contributed by atoms with E-state index in [9.17, 15) is 0 Å².